The van der Waals surface area contributed by atoms with E-state index in [1.165, 1.54) is 12.8 Å². The number of terminal acetylenes is 1. The van der Waals surface area contributed by atoms with Crippen LogP contribution in [0.25, 0.3) is 0 Å². The van der Waals surface area contributed by atoms with Crippen molar-refractivity contribution in [2.45, 2.75) is 45.1 Å². The second-order valence-electron chi connectivity index (χ2n) is 3.12. The minimum absolute atomic E-state index is 0.518. The summed E-state index contributed by atoms with van der Waals surface area (Å²) in [5, 5.41) is 9.19. The van der Waals surface area contributed by atoms with Gasteiger partial charge in [0.15, 0.2) is 0 Å². The second-order valence-corrected chi connectivity index (χ2v) is 3.12. The minimum atomic E-state index is -0.675. The Hall–Kier alpha value is -0.960. The molecule has 0 unspecified atom stereocenters. The summed E-state index contributed by atoms with van der Waals surface area (Å²) in [6, 6.07) is 0. The SMILES string of the molecule is C#C[C@H](O)CC(=C=C)CCCCC. The van der Waals surface area contributed by atoms with E-state index in [2.05, 4.69) is 25.2 Å². The van der Waals surface area contributed by atoms with Gasteiger partial charge in [-0.3, -0.25) is 0 Å². The van der Waals surface area contributed by atoms with Crippen molar-refractivity contribution in [2.24, 2.45) is 0 Å². The summed E-state index contributed by atoms with van der Waals surface area (Å²) in [5.74, 6) is 2.29. The first-order valence-electron chi connectivity index (χ1n) is 4.76. The largest absolute Gasteiger partial charge is 0.380 e. The molecule has 0 saturated heterocycles. The Balaban J connectivity index is 3.80. The van der Waals surface area contributed by atoms with Crippen molar-refractivity contribution in [1.29, 1.82) is 0 Å². The van der Waals surface area contributed by atoms with Crippen molar-refractivity contribution in [2.75, 3.05) is 0 Å². The predicted molar refractivity (Wildman–Crippen MR) is 56.3 cm³/mol. The van der Waals surface area contributed by atoms with Crippen LogP contribution in [0.3, 0.4) is 0 Å². The Labute approximate surface area is 81.2 Å². The standard InChI is InChI=1S/C12H18O/c1-4-7-8-9-11(5-2)10-12(13)6-3/h3,12-13H,2,4,7-10H2,1H3/t12-/m0/s1. The van der Waals surface area contributed by atoms with E-state index in [4.69, 9.17) is 6.42 Å². The third-order valence-corrected chi connectivity index (χ3v) is 1.96. The maximum absolute atomic E-state index is 9.19. The van der Waals surface area contributed by atoms with Gasteiger partial charge in [0.05, 0.1) is 0 Å². The van der Waals surface area contributed by atoms with Gasteiger partial charge in [-0.25, -0.2) is 0 Å². The number of hydrogen-bond acceptors (Lipinski definition) is 1. The molecule has 1 nitrogen and oxygen atoms in total. The minimum Gasteiger partial charge on any atom is -0.380 e. The van der Waals surface area contributed by atoms with Crippen molar-refractivity contribution < 1.29 is 5.11 Å². The van der Waals surface area contributed by atoms with Gasteiger partial charge in [-0.1, -0.05) is 32.3 Å². The molecule has 0 aliphatic carbocycles. The molecule has 0 bridgehead atoms. The van der Waals surface area contributed by atoms with Gasteiger partial charge in [-0.15, -0.1) is 12.2 Å². The first kappa shape index (κ1) is 12.0. The van der Waals surface area contributed by atoms with Crippen LogP contribution in [0, 0.1) is 12.3 Å². The molecule has 0 aromatic heterocycles. The zero-order chi connectivity index (χ0) is 10.1. The fourth-order valence-electron chi connectivity index (χ4n) is 1.14. The van der Waals surface area contributed by atoms with E-state index in [0.717, 1.165) is 18.4 Å². The molecule has 0 aromatic carbocycles. The van der Waals surface area contributed by atoms with Crippen molar-refractivity contribution in [3.05, 3.63) is 17.9 Å². The van der Waals surface area contributed by atoms with Crippen LogP contribution < -0.4 is 0 Å². The molecule has 0 fully saturated rings. The van der Waals surface area contributed by atoms with Crippen molar-refractivity contribution in [3.8, 4) is 12.3 Å². The Morgan fingerprint density at radius 2 is 2.23 bits per heavy atom. The van der Waals surface area contributed by atoms with Crippen LogP contribution in [0.1, 0.15) is 39.0 Å². The molecular weight excluding hydrogens is 160 g/mol. The van der Waals surface area contributed by atoms with Crippen molar-refractivity contribution >= 4 is 0 Å². The molecule has 1 atom stereocenters. The average Bonchev–Trinajstić information content (AvgIpc) is 2.16. The number of rotatable bonds is 6. The van der Waals surface area contributed by atoms with Crippen LogP contribution in [-0.2, 0) is 0 Å². The zero-order valence-electron chi connectivity index (χ0n) is 8.34. The van der Waals surface area contributed by atoms with Crippen molar-refractivity contribution in [3.63, 3.8) is 0 Å². The molecule has 0 radical (unpaired) electrons. The topological polar surface area (TPSA) is 20.2 Å². The van der Waals surface area contributed by atoms with Gasteiger partial charge in [-0.2, -0.15) is 0 Å². The molecule has 13 heavy (non-hydrogen) atoms. The van der Waals surface area contributed by atoms with Gasteiger partial charge in [0, 0.05) is 6.42 Å². The van der Waals surface area contributed by atoms with E-state index in [0.29, 0.717) is 6.42 Å². The quantitative estimate of drug-likeness (QED) is 0.376. The fraction of sp³-hybridized carbons (Fsp3) is 0.583. The van der Waals surface area contributed by atoms with Gasteiger partial charge < -0.3 is 5.11 Å². The maximum atomic E-state index is 9.19. The predicted octanol–water partition coefficient (Wildman–Crippen LogP) is 2.66. The van der Waals surface area contributed by atoms with Gasteiger partial charge >= 0.3 is 0 Å². The molecule has 1 N–H and O–H groups in total. The summed E-state index contributed by atoms with van der Waals surface area (Å²) < 4.78 is 0. The summed E-state index contributed by atoms with van der Waals surface area (Å²) in [5.41, 5.74) is 3.88. The van der Waals surface area contributed by atoms with E-state index < -0.39 is 6.10 Å². The summed E-state index contributed by atoms with van der Waals surface area (Å²) in [4.78, 5) is 0. The van der Waals surface area contributed by atoms with Gasteiger partial charge in [0.1, 0.15) is 6.10 Å². The molecule has 0 aliphatic rings. The van der Waals surface area contributed by atoms with Crippen LogP contribution in [0.15, 0.2) is 17.9 Å². The lowest BCUT2D eigenvalue weighted by Gasteiger charge is -2.05. The molecule has 0 rings (SSSR count). The lowest BCUT2D eigenvalue weighted by Crippen LogP contribution is -2.03. The maximum Gasteiger partial charge on any atom is 0.118 e. The van der Waals surface area contributed by atoms with Gasteiger partial charge in [0.2, 0.25) is 0 Å². The van der Waals surface area contributed by atoms with E-state index in [1.54, 1.807) is 0 Å². The van der Waals surface area contributed by atoms with E-state index in [-0.39, 0.29) is 0 Å². The lowest BCUT2D eigenvalue weighted by molar-refractivity contribution is 0.232. The van der Waals surface area contributed by atoms with Crippen LogP contribution in [0.5, 0.6) is 0 Å². The number of hydrogen-bond donors (Lipinski definition) is 1. The lowest BCUT2D eigenvalue weighted by atomic mass is 10.0. The number of aliphatic hydroxyl groups is 1. The Kier molecular flexibility index (Phi) is 7.11. The molecule has 0 spiro atoms. The zero-order valence-corrected chi connectivity index (χ0v) is 8.34. The van der Waals surface area contributed by atoms with Crippen LogP contribution in [0.4, 0.5) is 0 Å². The third-order valence-electron chi connectivity index (χ3n) is 1.96. The highest BCUT2D eigenvalue weighted by Gasteiger charge is 2.03. The summed E-state index contributed by atoms with van der Waals surface area (Å²) in [6.07, 6.45) is 9.40. The van der Waals surface area contributed by atoms with E-state index in [9.17, 15) is 5.11 Å². The summed E-state index contributed by atoms with van der Waals surface area (Å²) >= 11 is 0. The van der Waals surface area contributed by atoms with Crippen molar-refractivity contribution in [1.82, 2.24) is 0 Å². The first-order valence-corrected chi connectivity index (χ1v) is 4.76. The highest BCUT2D eigenvalue weighted by atomic mass is 16.3. The Morgan fingerprint density at radius 1 is 1.54 bits per heavy atom. The normalized spacial score (nSPS) is 11.5. The molecule has 0 aliphatic heterocycles. The van der Waals surface area contributed by atoms with Crippen LogP contribution in [-0.4, -0.2) is 11.2 Å². The average molecular weight is 178 g/mol. The highest BCUT2D eigenvalue weighted by Crippen LogP contribution is 2.12. The van der Waals surface area contributed by atoms with E-state index >= 15 is 0 Å². The van der Waals surface area contributed by atoms with E-state index in [1.807, 2.05) is 0 Å². The smallest absolute Gasteiger partial charge is 0.118 e. The Morgan fingerprint density at radius 3 is 2.69 bits per heavy atom. The van der Waals surface area contributed by atoms with Crippen LogP contribution in [0.2, 0.25) is 0 Å². The summed E-state index contributed by atoms with van der Waals surface area (Å²) in [7, 11) is 0. The monoisotopic (exact) mass is 178 g/mol. The first-order chi connectivity index (χ1) is 6.24. The molecule has 0 saturated carbocycles. The summed E-state index contributed by atoms with van der Waals surface area (Å²) in [6.45, 7) is 5.75. The van der Waals surface area contributed by atoms with Gasteiger partial charge in [-0.05, 0) is 18.4 Å². The molecule has 0 amide bonds. The second kappa shape index (κ2) is 7.68. The van der Waals surface area contributed by atoms with Gasteiger partial charge in [0.25, 0.3) is 0 Å². The Bertz CT molecular complexity index is 216. The molecule has 0 heterocycles. The molecule has 72 valence electrons. The molecular formula is C12H18O. The highest BCUT2D eigenvalue weighted by molar-refractivity contribution is 5.07. The van der Waals surface area contributed by atoms with Crippen LogP contribution >= 0.6 is 0 Å². The number of unbranched alkanes of at least 4 members (excludes halogenated alkanes) is 2. The fourth-order valence-corrected chi connectivity index (χ4v) is 1.14. The third kappa shape index (κ3) is 6.22. The molecule has 1 heteroatoms. The number of aliphatic hydroxyl groups excluding tert-OH is 1. The molecule has 0 aromatic rings.